The number of primary amides is 1. The summed E-state index contributed by atoms with van der Waals surface area (Å²) in [5, 5.41) is 9.92. The minimum atomic E-state index is -0.349. The fourth-order valence-corrected chi connectivity index (χ4v) is 2.65. The van der Waals surface area contributed by atoms with Crippen molar-refractivity contribution in [1.82, 2.24) is 4.90 Å². The molecule has 1 aromatic carbocycles. The van der Waals surface area contributed by atoms with Crippen LogP contribution in [0, 0.1) is 5.92 Å². The molecule has 0 heterocycles. The topological polar surface area (TPSA) is 75.8 Å². The number of hydrogen-bond acceptors (Lipinski definition) is 4. The summed E-state index contributed by atoms with van der Waals surface area (Å²) in [7, 11) is 0. The van der Waals surface area contributed by atoms with Gasteiger partial charge in [-0.05, 0) is 46.5 Å². The Labute approximate surface area is 134 Å². The van der Waals surface area contributed by atoms with Crippen molar-refractivity contribution < 1.29 is 14.6 Å². The largest absolute Gasteiger partial charge is 0.503 e. The number of phenols is 1. The molecule has 6 heteroatoms. The molecule has 0 fully saturated rings. The molecule has 0 atom stereocenters. The first-order valence-corrected chi connectivity index (χ1v) is 7.77. The van der Waals surface area contributed by atoms with E-state index in [1.807, 2.05) is 17.9 Å². The average Bonchev–Trinajstić information content (AvgIpc) is 2.33. The van der Waals surface area contributed by atoms with Crippen molar-refractivity contribution in [2.45, 2.75) is 27.3 Å². The van der Waals surface area contributed by atoms with Gasteiger partial charge in [-0.25, -0.2) is 0 Å². The lowest BCUT2D eigenvalue weighted by molar-refractivity contribution is -0.119. The van der Waals surface area contributed by atoms with Crippen LogP contribution in [0.5, 0.6) is 11.5 Å². The molecule has 0 aliphatic rings. The van der Waals surface area contributed by atoms with Crippen LogP contribution in [0.2, 0.25) is 0 Å². The summed E-state index contributed by atoms with van der Waals surface area (Å²) < 4.78 is 5.99. The van der Waals surface area contributed by atoms with Crippen molar-refractivity contribution in [1.29, 1.82) is 0 Å². The first kappa shape index (κ1) is 17.8. The Bertz CT molecular complexity index is 492. The molecule has 5 nitrogen and oxygen atoms in total. The minimum Gasteiger partial charge on any atom is -0.503 e. The van der Waals surface area contributed by atoms with E-state index in [4.69, 9.17) is 10.5 Å². The van der Waals surface area contributed by atoms with E-state index in [1.54, 1.807) is 6.07 Å². The fraction of sp³-hybridized carbons (Fsp3) is 0.533. The first-order valence-electron chi connectivity index (χ1n) is 6.98. The van der Waals surface area contributed by atoms with Crippen molar-refractivity contribution in [2.75, 3.05) is 19.7 Å². The highest BCUT2D eigenvalue weighted by molar-refractivity contribution is 9.10. The van der Waals surface area contributed by atoms with Crippen LogP contribution < -0.4 is 10.5 Å². The molecule has 0 unspecified atom stereocenters. The lowest BCUT2D eigenvalue weighted by Gasteiger charge is -2.23. The number of benzene rings is 1. The van der Waals surface area contributed by atoms with Gasteiger partial charge in [0.2, 0.25) is 5.91 Å². The molecule has 0 bridgehead atoms. The Hall–Kier alpha value is -1.27. The third kappa shape index (κ3) is 5.93. The number of carbonyl (C=O) groups excluding carboxylic acids is 1. The molecule has 0 aliphatic carbocycles. The molecule has 1 amide bonds. The second-order valence-corrected chi connectivity index (χ2v) is 6.24. The van der Waals surface area contributed by atoms with Crippen molar-refractivity contribution >= 4 is 21.8 Å². The van der Waals surface area contributed by atoms with Gasteiger partial charge in [0.1, 0.15) is 0 Å². The third-order valence-corrected chi connectivity index (χ3v) is 3.40. The Morgan fingerprint density at radius 1 is 1.48 bits per heavy atom. The molecule has 0 saturated carbocycles. The van der Waals surface area contributed by atoms with Gasteiger partial charge < -0.3 is 15.6 Å². The van der Waals surface area contributed by atoms with Crippen molar-refractivity contribution in [3.63, 3.8) is 0 Å². The van der Waals surface area contributed by atoms with Crippen LogP contribution in [-0.2, 0) is 11.3 Å². The molecule has 0 spiro atoms. The third-order valence-electron chi connectivity index (χ3n) is 2.80. The molecular weight excluding hydrogens is 336 g/mol. The smallest absolute Gasteiger partial charge is 0.231 e. The number of nitrogens with zero attached hydrogens (tertiary/aromatic N) is 1. The van der Waals surface area contributed by atoms with Gasteiger partial charge in [-0.2, -0.15) is 0 Å². The lowest BCUT2D eigenvalue weighted by atomic mass is 10.1. The van der Waals surface area contributed by atoms with E-state index in [2.05, 4.69) is 29.8 Å². The maximum Gasteiger partial charge on any atom is 0.231 e. The normalized spacial score (nSPS) is 11.1. The predicted octanol–water partition coefficient (Wildman–Crippen LogP) is 2.50. The molecule has 118 valence electrons. The van der Waals surface area contributed by atoms with E-state index < -0.39 is 0 Å². The molecule has 0 radical (unpaired) electrons. The van der Waals surface area contributed by atoms with Gasteiger partial charge in [0.15, 0.2) is 11.5 Å². The number of ether oxygens (including phenoxy) is 1. The predicted molar refractivity (Wildman–Crippen MR) is 86.3 cm³/mol. The number of nitrogens with two attached hydrogens (primary N) is 1. The Balaban J connectivity index is 2.94. The van der Waals surface area contributed by atoms with Crippen LogP contribution in [0.1, 0.15) is 26.3 Å². The summed E-state index contributed by atoms with van der Waals surface area (Å²) in [5.74, 6) is 0.603. The van der Waals surface area contributed by atoms with Crippen LogP contribution in [0.25, 0.3) is 0 Å². The van der Waals surface area contributed by atoms with E-state index in [0.717, 1.165) is 12.1 Å². The van der Waals surface area contributed by atoms with Crippen LogP contribution >= 0.6 is 15.9 Å². The van der Waals surface area contributed by atoms with Gasteiger partial charge in [0, 0.05) is 13.1 Å². The Morgan fingerprint density at radius 2 is 2.14 bits per heavy atom. The van der Waals surface area contributed by atoms with Crippen molar-refractivity contribution in [3.8, 4) is 11.5 Å². The Kier molecular flexibility index (Phi) is 6.98. The fourth-order valence-electron chi connectivity index (χ4n) is 2.16. The van der Waals surface area contributed by atoms with E-state index >= 15 is 0 Å². The van der Waals surface area contributed by atoms with Gasteiger partial charge in [-0.15, -0.1) is 0 Å². The lowest BCUT2D eigenvalue weighted by Crippen LogP contribution is -2.35. The number of halogens is 1. The average molecular weight is 359 g/mol. The van der Waals surface area contributed by atoms with Gasteiger partial charge in [0.05, 0.1) is 17.6 Å². The van der Waals surface area contributed by atoms with E-state index in [9.17, 15) is 9.90 Å². The molecule has 1 aromatic rings. The zero-order valence-corrected chi connectivity index (χ0v) is 14.3. The summed E-state index contributed by atoms with van der Waals surface area (Å²) in [6, 6.07) is 3.62. The second kappa shape index (κ2) is 8.24. The van der Waals surface area contributed by atoms with Crippen LogP contribution in [-0.4, -0.2) is 35.6 Å². The van der Waals surface area contributed by atoms with Gasteiger partial charge in [-0.1, -0.05) is 13.8 Å². The second-order valence-electron chi connectivity index (χ2n) is 5.39. The van der Waals surface area contributed by atoms with E-state index in [0.29, 0.717) is 29.3 Å². The molecule has 0 aromatic heterocycles. The zero-order chi connectivity index (χ0) is 16.0. The zero-order valence-electron chi connectivity index (χ0n) is 12.7. The van der Waals surface area contributed by atoms with Crippen molar-refractivity contribution in [2.24, 2.45) is 11.7 Å². The first-order chi connectivity index (χ1) is 9.83. The number of carbonyl (C=O) groups is 1. The summed E-state index contributed by atoms with van der Waals surface area (Å²) in [5.41, 5.74) is 6.25. The standard InChI is InChI=1S/C15H23BrN2O3/c1-4-21-13-6-11(5-12(16)15(13)20)8-18(7-10(2)3)9-14(17)19/h5-6,10,20H,4,7-9H2,1-3H3,(H2,17,19). The van der Waals surface area contributed by atoms with Crippen LogP contribution in [0.3, 0.4) is 0 Å². The highest BCUT2D eigenvalue weighted by atomic mass is 79.9. The molecule has 21 heavy (non-hydrogen) atoms. The molecule has 3 N–H and O–H groups in total. The Morgan fingerprint density at radius 3 is 2.67 bits per heavy atom. The molecule has 1 rings (SSSR count). The number of hydrogen-bond donors (Lipinski definition) is 2. The highest BCUT2D eigenvalue weighted by Crippen LogP contribution is 2.35. The van der Waals surface area contributed by atoms with Gasteiger partial charge >= 0.3 is 0 Å². The number of amides is 1. The van der Waals surface area contributed by atoms with Crippen LogP contribution in [0.15, 0.2) is 16.6 Å². The number of aromatic hydroxyl groups is 1. The summed E-state index contributed by atoms with van der Waals surface area (Å²) in [6.07, 6.45) is 0. The highest BCUT2D eigenvalue weighted by Gasteiger charge is 2.14. The molecular formula is C15H23BrN2O3. The van der Waals surface area contributed by atoms with Crippen molar-refractivity contribution in [3.05, 3.63) is 22.2 Å². The summed E-state index contributed by atoms with van der Waals surface area (Å²) >= 11 is 3.32. The summed E-state index contributed by atoms with van der Waals surface area (Å²) in [6.45, 7) is 8.06. The van der Waals surface area contributed by atoms with Gasteiger partial charge in [0.25, 0.3) is 0 Å². The number of rotatable bonds is 8. The molecule has 0 aliphatic heterocycles. The maximum atomic E-state index is 11.2. The number of phenolic OH excluding ortho intramolecular Hbond substituents is 1. The van der Waals surface area contributed by atoms with E-state index in [-0.39, 0.29) is 18.2 Å². The SMILES string of the molecule is CCOc1cc(CN(CC(N)=O)CC(C)C)cc(Br)c1O. The monoisotopic (exact) mass is 358 g/mol. The quantitative estimate of drug-likeness (QED) is 0.748. The maximum absolute atomic E-state index is 11.2. The molecule has 0 saturated heterocycles. The van der Waals surface area contributed by atoms with Gasteiger partial charge in [-0.3, -0.25) is 9.69 Å². The van der Waals surface area contributed by atoms with E-state index in [1.165, 1.54) is 0 Å². The minimum absolute atomic E-state index is 0.0888. The van der Waals surface area contributed by atoms with Crippen LogP contribution in [0.4, 0.5) is 0 Å². The summed E-state index contributed by atoms with van der Waals surface area (Å²) in [4.78, 5) is 13.2.